The number of rotatable bonds is 6. The van der Waals surface area contributed by atoms with E-state index in [4.69, 9.17) is 0 Å². The third kappa shape index (κ3) is 3.35. The maximum Gasteiger partial charge on any atom is 0.176 e. The Morgan fingerprint density at radius 2 is 1.77 bits per heavy atom. The Morgan fingerprint density at radius 1 is 1.08 bits per heavy atom. The van der Waals surface area contributed by atoms with Gasteiger partial charge >= 0.3 is 0 Å². The molecule has 1 aliphatic rings. The third-order valence-corrected chi connectivity index (χ3v) is 6.80. The summed E-state index contributed by atoms with van der Waals surface area (Å²) in [6.07, 6.45) is 5.39. The Kier molecular flexibility index (Phi) is 5.55. The highest BCUT2D eigenvalue weighted by atomic mass is 79.9. The van der Waals surface area contributed by atoms with Gasteiger partial charge in [-0.25, -0.2) is 0 Å². The monoisotopic (exact) mass is 264 g/mol. The van der Waals surface area contributed by atoms with Crippen LogP contribution >= 0.6 is 15.9 Å². The summed E-state index contributed by atoms with van der Waals surface area (Å²) in [5.41, 5.74) is 0. The van der Waals surface area contributed by atoms with Crippen molar-refractivity contribution in [3.8, 4) is 0 Å². The maximum absolute atomic E-state index is 3.73. The molecule has 4 heteroatoms. The predicted molar refractivity (Wildman–Crippen MR) is 64.5 cm³/mol. The van der Waals surface area contributed by atoms with Gasteiger partial charge in [0, 0.05) is 0 Å². The van der Waals surface area contributed by atoms with Gasteiger partial charge in [0.1, 0.15) is 5.08 Å². The lowest BCUT2D eigenvalue weighted by molar-refractivity contribution is 0.173. The van der Waals surface area contributed by atoms with E-state index >= 15 is 0 Å². The van der Waals surface area contributed by atoms with E-state index in [2.05, 4.69) is 38.9 Å². The summed E-state index contributed by atoms with van der Waals surface area (Å²) >= 11 is 3.73. The standard InChI is InChI=1S/C9H21BrN2Si/c1-3-5-6-8-12-9(10)11(13-12)7-4-2/h9H,3-8,13H2,1-2H3. The lowest BCUT2D eigenvalue weighted by atomic mass is 10.2. The average molecular weight is 265 g/mol. The molecule has 1 rings (SSSR count). The van der Waals surface area contributed by atoms with Crippen LogP contribution in [-0.2, 0) is 0 Å². The molecule has 0 aromatic heterocycles. The zero-order valence-corrected chi connectivity index (χ0v) is 11.8. The lowest BCUT2D eigenvalue weighted by Gasteiger charge is -2.48. The van der Waals surface area contributed by atoms with Crippen LogP contribution in [-0.4, -0.2) is 37.1 Å². The van der Waals surface area contributed by atoms with Gasteiger partial charge in [0.25, 0.3) is 0 Å². The maximum atomic E-state index is 3.73. The summed E-state index contributed by atoms with van der Waals surface area (Å²) in [5.74, 6) is 0. The summed E-state index contributed by atoms with van der Waals surface area (Å²) < 4.78 is 5.23. The first-order valence-electron chi connectivity index (χ1n) is 5.41. The molecule has 1 fully saturated rings. The van der Waals surface area contributed by atoms with Gasteiger partial charge in [0.2, 0.25) is 0 Å². The number of nitrogens with zero attached hydrogens (tertiary/aromatic N) is 2. The van der Waals surface area contributed by atoms with Gasteiger partial charge < -0.3 is 0 Å². The zero-order valence-electron chi connectivity index (χ0n) is 8.80. The number of unbranched alkanes of at least 4 members (excludes halogenated alkanes) is 2. The van der Waals surface area contributed by atoms with Crippen LogP contribution in [0.1, 0.15) is 39.5 Å². The normalized spacial score (nSPS) is 26.5. The van der Waals surface area contributed by atoms with E-state index in [0.29, 0.717) is 5.08 Å². The quantitative estimate of drug-likeness (QED) is 0.313. The van der Waals surface area contributed by atoms with Crippen LogP contribution in [0.4, 0.5) is 0 Å². The topological polar surface area (TPSA) is 6.48 Å². The summed E-state index contributed by atoms with van der Waals surface area (Å²) in [5, 5.41) is 0.580. The van der Waals surface area contributed by atoms with E-state index in [9.17, 15) is 0 Å². The first kappa shape index (κ1) is 11.7. The fraction of sp³-hybridized carbons (Fsp3) is 1.00. The third-order valence-electron chi connectivity index (χ3n) is 2.53. The minimum absolute atomic E-state index is 0.0337. The minimum Gasteiger partial charge on any atom is -0.293 e. The predicted octanol–water partition coefficient (Wildman–Crippen LogP) is 1.88. The first-order chi connectivity index (χ1) is 6.29. The Morgan fingerprint density at radius 3 is 2.31 bits per heavy atom. The Labute approximate surface area is 92.8 Å². The second kappa shape index (κ2) is 6.17. The summed E-state index contributed by atoms with van der Waals surface area (Å²) in [4.78, 5) is 0. The Hall–Kier alpha value is 0.617. The van der Waals surface area contributed by atoms with Crippen LogP contribution in [0.5, 0.6) is 0 Å². The molecule has 1 heterocycles. The smallest absolute Gasteiger partial charge is 0.176 e. The molecule has 1 atom stereocenters. The second-order valence-corrected chi connectivity index (χ2v) is 6.51. The van der Waals surface area contributed by atoms with Gasteiger partial charge in [-0.2, -0.15) is 0 Å². The molecular weight excluding hydrogens is 244 g/mol. The molecule has 0 amide bonds. The van der Waals surface area contributed by atoms with Crippen molar-refractivity contribution >= 4 is 25.8 Å². The number of alkyl halides is 1. The first-order valence-corrected chi connectivity index (χ1v) is 7.59. The van der Waals surface area contributed by atoms with Crippen molar-refractivity contribution in [1.29, 1.82) is 0 Å². The van der Waals surface area contributed by atoms with E-state index in [1.165, 1.54) is 38.8 Å². The molecule has 0 bridgehead atoms. The summed E-state index contributed by atoms with van der Waals surface area (Å²) in [6.45, 7) is 7.12. The molecule has 1 aliphatic heterocycles. The largest absolute Gasteiger partial charge is 0.293 e. The molecule has 13 heavy (non-hydrogen) atoms. The molecule has 0 aromatic carbocycles. The molecule has 0 N–H and O–H groups in total. The molecule has 0 radical (unpaired) electrons. The van der Waals surface area contributed by atoms with Crippen LogP contribution in [0.25, 0.3) is 0 Å². The second-order valence-electron chi connectivity index (χ2n) is 3.78. The summed E-state index contributed by atoms with van der Waals surface area (Å²) in [7, 11) is -0.0337. The minimum atomic E-state index is -0.0337. The fourth-order valence-electron chi connectivity index (χ4n) is 1.71. The molecule has 1 unspecified atom stereocenters. The molecule has 0 saturated carbocycles. The lowest BCUT2D eigenvalue weighted by Crippen LogP contribution is -2.63. The highest BCUT2D eigenvalue weighted by molar-refractivity contribution is 9.09. The zero-order chi connectivity index (χ0) is 9.68. The van der Waals surface area contributed by atoms with Crippen LogP contribution in [0.2, 0.25) is 0 Å². The fourth-order valence-corrected chi connectivity index (χ4v) is 4.61. The van der Waals surface area contributed by atoms with Crippen molar-refractivity contribution in [3.05, 3.63) is 0 Å². The van der Waals surface area contributed by atoms with Crippen molar-refractivity contribution < 1.29 is 0 Å². The molecule has 0 aromatic rings. The summed E-state index contributed by atoms with van der Waals surface area (Å²) in [6, 6.07) is 0. The van der Waals surface area contributed by atoms with Gasteiger partial charge in [-0.1, -0.05) is 42.6 Å². The van der Waals surface area contributed by atoms with Crippen molar-refractivity contribution in [2.45, 2.75) is 44.6 Å². The Balaban J connectivity index is 2.05. The van der Waals surface area contributed by atoms with E-state index < -0.39 is 0 Å². The number of hydrogen-bond donors (Lipinski definition) is 0. The van der Waals surface area contributed by atoms with E-state index in [1.54, 1.807) is 0 Å². The van der Waals surface area contributed by atoms with E-state index in [-0.39, 0.29) is 9.84 Å². The van der Waals surface area contributed by atoms with Gasteiger partial charge in [0.15, 0.2) is 9.84 Å². The molecule has 2 nitrogen and oxygen atoms in total. The van der Waals surface area contributed by atoms with Gasteiger partial charge in [-0.3, -0.25) is 9.13 Å². The highest BCUT2D eigenvalue weighted by Crippen LogP contribution is 2.22. The van der Waals surface area contributed by atoms with Crippen molar-refractivity contribution in [2.24, 2.45) is 0 Å². The van der Waals surface area contributed by atoms with Crippen LogP contribution in [0.3, 0.4) is 0 Å². The van der Waals surface area contributed by atoms with Gasteiger partial charge in [-0.05, 0) is 25.9 Å². The van der Waals surface area contributed by atoms with Crippen LogP contribution < -0.4 is 0 Å². The van der Waals surface area contributed by atoms with Crippen molar-refractivity contribution in [1.82, 2.24) is 9.13 Å². The van der Waals surface area contributed by atoms with Gasteiger partial charge in [-0.15, -0.1) is 0 Å². The number of hydrogen-bond acceptors (Lipinski definition) is 2. The van der Waals surface area contributed by atoms with Crippen LogP contribution in [0, 0.1) is 0 Å². The van der Waals surface area contributed by atoms with E-state index in [0.717, 1.165) is 0 Å². The molecule has 1 saturated heterocycles. The number of halogens is 1. The van der Waals surface area contributed by atoms with E-state index in [1.807, 2.05) is 0 Å². The molecular formula is C9H21BrN2Si. The van der Waals surface area contributed by atoms with Crippen LogP contribution in [0.15, 0.2) is 0 Å². The van der Waals surface area contributed by atoms with Crippen molar-refractivity contribution in [3.63, 3.8) is 0 Å². The van der Waals surface area contributed by atoms with Crippen molar-refractivity contribution in [2.75, 3.05) is 13.1 Å². The highest BCUT2D eigenvalue weighted by Gasteiger charge is 2.32. The average Bonchev–Trinajstić information content (AvgIpc) is 2.15. The molecule has 0 aliphatic carbocycles. The molecule has 78 valence electrons. The Bertz CT molecular complexity index is 144. The SMILES string of the molecule is CCCCCN1[SiH2]N(CCC)C1Br. The molecule has 0 spiro atoms. The van der Waals surface area contributed by atoms with Gasteiger partial charge in [0.05, 0.1) is 0 Å².